The molecule has 2 aromatic rings. The van der Waals surface area contributed by atoms with E-state index in [0.717, 1.165) is 22.4 Å². The molecule has 0 aliphatic carbocycles. The lowest BCUT2D eigenvalue weighted by molar-refractivity contribution is -0.143. The summed E-state index contributed by atoms with van der Waals surface area (Å²) in [5.74, 6) is -1.22. The maximum Gasteiger partial charge on any atom is 0.355 e. The van der Waals surface area contributed by atoms with Crippen molar-refractivity contribution < 1.29 is 23.8 Å². The van der Waals surface area contributed by atoms with Gasteiger partial charge in [-0.05, 0) is 18.6 Å². The molecule has 138 valence electrons. The van der Waals surface area contributed by atoms with Gasteiger partial charge in [-0.25, -0.2) is 9.59 Å². The molecule has 27 heavy (non-hydrogen) atoms. The molecule has 0 amide bonds. The molecule has 2 aliphatic heterocycles. The molecule has 0 bridgehead atoms. The van der Waals surface area contributed by atoms with Crippen molar-refractivity contribution in [3.8, 4) is 11.1 Å². The van der Waals surface area contributed by atoms with Crippen LogP contribution >= 0.6 is 0 Å². The zero-order valence-corrected chi connectivity index (χ0v) is 15.3. The Hall–Kier alpha value is -3.12. The average molecular weight is 365 g/mol. The average Bonchev–Trinajstić information content (AvgIpc) is 2.71. The number of rotatable bonds is 2. The van der Waals surface area contributed by atoms with Crippen LogP contribution in [0, 0.1) is 0 Å². The number of ether oxygens (including phenoxy) is 3. The normalized spacial score (nSPS) is 20.3. The van der Waals surface area contributed by atoms with Gasteiger partial charge in [0.25, 0.3) is 0 Å². The molecule has 2 aliphatic rings. The van der Waals surface area contributed by atoms with E-state index in [1.54, 1.807) is 11.8 Å². The number of carbonyl (C=O) groups excluding carboxylic acids is 2. The van der Waals surface area contributed by atoms with Crippen LogP contribution in [0.2, 0.25) is 0 Å². The minimum Gasteiger partial charge on any atom is -0.466 e. The van der Waals surface area contributed by atoms with Crippen molar-refractivity contribution in [2.24, 2.45) is 0 Å². The van der Waals surface area contributed by atoms with Gasteiger partial charge >= 0.3 is 11.9 Å². The van der Waals surface area contributed by atoms with Gasteiger partial charge in [-0.15, -0.1) is 0 Å². The van der Waals surface area contributed by atoms with Gasteiger partial charge in [-0.1, -0.05) is 42.5 Å². The number of anilines is 1. The predicted molar refractivity (Wildman–Crippen MR) is 98.7 cm³/mol. The number of para-hydroxylation sites is 1. The fourth-order valence-corrected chi connectivity index (χ4v) is 3.77. The highest BCUT2D eigenvalue weighted by Crippen LogP contribution is 2.50. The van der Waals surface area contributed by atoms with E-state index in [-0.39, 0.29) is 11.3 Å². The van der Waals surface area contributed by atoms with Gasteiger partial charge in [-0.3, -0.25) is 0 Å². The first-order valence-corrected chi connectivity index (χ1v) is 8.62. The summed E-state index contributed by atoms with van der Waals surface area (Å²) in [4.78, 5) is 26.9. The molecule has 2 atom stereocenters. The van der Waals surface area contributed by atoms with E-state index in [2.05, 4.69) is 0 Å². The van der Waals surface area contributed by atoms with Crippen molar-refractivity contribution in [3.63, 3.8) is 0 Å². The highest BCUT2D eigenvalue weighted by Gasteiger charge is 2.45. The molecule has 0 saturated carbocycles. The number of fused-ring (bicyclic) bond motifs is 6. The van der Waals surface area contributed by atoms with Gasteiger partial charge < -0.3 is 19.1 Å². The molecule has 6 nitrogen and oxygen atoms in total. The minimum absolute atomic E-state index is 0.148. The van der Waals surface area contributed by atoms with Gasteiger partial charge in [0.2, 0.25) is 0 Å². The Bertz CT molecular complexity index is 965. The highest BCUT2D eigenvalue weighted by molar-refractivity contribution is 6.05. The van der Waals surface area contributed by atoms with Crippen LogP contribution in [0.25, 0.3) is 11.1 Å². The van der Waals surface area contributed by atoms with E-state index in [9.17, 15) is 9.59 Å². The monoisotopic (exact) mass is 365 g/mol. The topological polar surface area (TPSA) is 65.1 Å². The van der Waals surface area contributed by atoms with Gasteiger partial charge in [0.15, 0.2) is 6.23 Å². The zero-order valence-electron chi connectivity index (χ0n) is 15.3. The number of methoxy groups -OCH3 is 2. The van der Waals surface area contributed by atoms with E-state index in [1.807, 2.05) is 48.5 Å². The standard InChI is InChI=1S/C21H19NO5/c1-12-17(20(23)25-2)18(21(24)26-3)22-16-11-7-6-9-14(16)13-8-4-5-10-15(13)19(22)27-12/h4-12,19H,1-3H3/t12?,19-/m1/s1. The summed E-state index contributed by atoms with van der Waals surface area (Å²) in [5.41, 5.74) is 3.98. The molecule has 0 aromatic heterocycles. The smallest absolute Gasteiger partial charge is 0.355 e. The Kier molecular flexibility index (Phi) is 4.20. The summed E-state index contributed by atoms with van der Waals surface area (Å²) in [6, 6.07) is 15.6. The Morgan fingerprint density at radius 3 is 2.26 bits per heavy atom. The molecule has 0 fully saturated rings. The van der Waals surface area contributed by atoms with E-state index in [4.69, 9.17) is 14.2 Å². The van der Waals surface area contributed by atoms with E-state index in [1.165, 1.54) is 14.2 Å². The van der Waals surface area contributed by atoms with Gasteiger partial charge in [0.05, 0.1) is 31.6 Å². The molecule has 6 heteroatoms. The third kappa shape index (κ3) is 2.52. The number of benzene rings is 2. The van der Waals surface area contributed by atoms with E-state index in [0.29, 0.717) is 0 Å². The lowest BCUT2D eigenvalue weighted by atomic mass is 9.89. The minimum atomic E-state index is -0.633. The van der Waals surface area contributed by atoms with Crippen molar-refractivity contribution in [1.82, 2.24) is 0 Å². The SMILES string of the molecule is COC(=O)C1=C(C(=O)OC)N2c3ccccc3-c3ccccc3[C@H]2OC1C. The molecule has 0 spiro atoms. The fraction of sp³-hybridized carbons (Fsp3) is 0.238. The molecule has 2 heterocycles. The van der Waals surface area contributed by atoms with Crippen LogP contribution in [0.5, 0.6) is 0 Å². The summed E-state index contributed by atoms with van der Waals surface area (Å²) in [7, 11) is 2.58. The second kappa shape index (κ2) is 6.55. The Morgan fingerprint density at radius 1 is 0.926 bits per heavy atom. The molecular formula is C21H19NO5. The van der Waals surface area contributed by atoms with E-state index >= 15 is 0 Å². The number of carbonyl (C=O) groups is 2. The quantitative estimate of drug-likeness (QED) is 0.762. The van der Waals surface area contributed by atoms with Crippen LogP contribution in [0.3, 0.4) is 0 Å². The van der Waals surface area contributed by atoms with E-state index < -0.39 is 24.3 Å². The van der Waals surface area contributed by atoms with Crippen LogP contribution in [-0.4, -0.2) is 32.3 Å². The van der Waals surface area contributed by atoms with Crippen molar-refractivity contribution in [1.29, 1.82) is 0 Å². The van der Waals surface area contributed by atoms with Crippen LogP contribution in [0.4, 0.5) is 5.69 Å². The summed E-state index contributed by atoms with van der Waals surface area (Å²) in [5, 5.41) is 0. The summed E-state index contributed by atoms with van der Waals surface area (Å²) in [6.07, 6.45) is -1.18. The van der Waals surface area contributed by atoms with Gasteiger partial charge in [0, 0.05) is 11.1 Å². The third-order valence-corrected chi connectivity index (χ3v) is 4.93. The maximum absolute atomic E-state index is 12.7. The number of hydrogen-bond acceptors (Lipinski definition) is 6. The first-order chi connectivity index (χ1) is 13.1. The Morgan fingerprint density at radius 2 is 1.56 bits per heavy atom. The second-order valence-electron chi connectivity index (χ2n) is 6.35. The molecule has 0 N–H and O–H groups in total. The van der Waals surface area contributed by atoms with Crippen LogP contribution in [0.1, 0.15) is 18.7 Å². The first kappa shape index (κ1) is 17.3. The Labute approximate surface area is 156 Å². The molecule has 2 aromatic carbocycles. The lowest BCUT2D eigenvalue weighted by Crippen LogP contribution is -2.45. The zero-order chi connectivity index (χ0) is 19.1. The van der Waals surface area contributed by atoms with Crippen LogP contribution in [-0.2, 0) is 23.8 Å². The molecule has 1 unspecified atom stereocenters. The van der Waals surface area contributed by atoms with Crippen molar-refractivity contribution in [2.75, 3.05) is 19.1 Å². The third-order valence-electron chi connectivity index (χ3n) is 4.93. The van der Waals surface area contributed by atoms with Crippen molar-refractivity contribution in [2.45, 2.75) is 19.3 Å². The predicted octanol–water partition coefficient (Wildman–Crippen LogP) is 3.19. The van der Waals surface area contributed by atoms with Gasteiger partial charge in [-0.2, -0.15) is 0 Å². The van der Waals surface area contributed by atoms with Crippen molar-refractivity contribution in [3.05, 3.63) is 65.4 Å². The molecule has 0 saturated heterocycles. The Balaban J connectivity index is 2.04. The molecule has 4 rings (SSSR count). The summed E-state index contributed by atoms with van der Waals surface area (Å²) in [6.45, 7) is 1.73. The summed E-state index contributed by atoms with van der Waals surface area (Å²) >= 11 is 0. The lowest BCUT2D eigenvalue weighted by Gasteiger charge is -2.45. The number of hydrogen-bond donors (Lipinski definition) is 0. The first-order valence-electron chi connectivity index (χ1n) is 8.62. The van der Waals surface area contributed by atoms with Crippen molar-refractivity contribution >= 4 is 17.6 Å². The second-order valence-corrected chi connectivity index (χ2v) is 6.35. The maximum atomic E-state index is 12.7. The van der Waals surface area contributed by atoms with Gasteiger partial charge in [0.1, 0.15) is 5.70 Å². The summed E-state index contributed by atoms with van der Waals surface area (Å²) < 4.78 is 16.1. The fourth-order valence-electron chi connectivity index (χ4n) is 3.77. The molecular weight excluding hydrogens is 346 g/mol. The number of esters is 2. The highest BCUT2D eigenvalue weighted by atomic mass is 16.5. The molecule has 0 radical (unpaired) electrons. The largest absolute Gasteiger partial charge is 0.466 e. The van der Waals surface area contributed by atoms with Crippen LogP contribution < -0.4 is 4.90 Å². The van der Waals surface area contributed by atoms with Crippen LogP contribution in [0.15, 0.2) is 59.8 Å². The number of nitrogens with zero attached hydrogens (tertiary/aromatic N) is 1.